The minimum Gasteiger partial charge on any atom is -0.372 e. The van der Waals surface area contributed by atoms with Gasteiger partial charge in [-0.3, -0.25) is 4.68 Å². The average Bonchev–Trinajstić information content (AvgIpc) is 2.67. The summed E-state index contributed by atoms with van der Waals surface area (Å²) < 4.78 is 7.56. The normalized spacial score (nSPS) is 27.9. The van der Waals surface area contributed by atoms with Gasteiger partial charge in [0, 0.05) is 31.0 Å². The summed E-state index contributed by atoms with van der Waals surface area (Å²) in [5.74, 6) is 0. The summed E-state index contributed by atoms with van der Waals surface area (Å²) in [6.45, 7) is 3.77. The number of ether oxygens (including phenoxy) is 1. The zero-order valence-corrected chi connectivity index (χ0v) is 8.52. The van der Waals surface area contributed by atoms with Gasteiger partial charge in [0.25, 0.3) is 0 Å². The summed E-state index contributed by atoms with van der Waals surface area (Å²) in [7, 11) is 0. The number of nitrogens with two attached hydrogens (primary N) is 1. The summed E-state index contributed by atoms with van der Waals surface area (Å²) in [5, 5.41) is 4.23. The monoisotopic (exact) mass is 195 g/mol. The van der Waals surface area contributed by atoms with Gasteiger partial charge in [-0.25, -0.2) is 0 Å². The molecule has 0 saturated carbocycles. The molecule has 0 aliphatic carbocycles. The average molecular weight is 195 g/mol. The Balaban J connectivity index is 2.12. The van der Waals surface area contributed by atoms with Crippen molar-refractivity contribution in [1.29, 1.82) is 0 Å². The Morgan fingerprint density at radius 3 is 3.21 bits per heavy atom. The molecule has 2 atom stereocenters. The molecule has 78 valence electrons. The van der Waals surface area contributed by atoms with Crippen molar-refractivity contribution in [3.05, 3.63) is 18.0 Å². The number of rotatable bonds is 2. The lowest BCUT2D eigenvalue weighted by Crippen LogP contribution is -2.34. The summed E-state index contributed by atoms with van der Waals surface area (Å²) in [6.07, 6.45) is 6.04. The van der Waals surface area contributed by atoms with Crippen LogP contribution in [-0.2, 0) is 11.3 Å². The molecule has 1 aromatic heterocycles. The highest BCUT2D eigenvalue weighted by atomic mass is 16.5. The van der Waals surface area contributed by atoms with Crippen LogP contribution in [0.4, 0.5) is 0 Å². The minimum atomic E-state index is 0.0454. The van der Waals surface area contributed by atoms with E-state index < -0.39 is 0 Å². The van der Waals surface area contributed by atoms with Gasteiger partial charge in [-0.1, -0.05) is 0 Å². The van der Waals surface area contributed by atoms with Crippen LogP contribution < -0.4 is 5.73 Å². The zero-order valence-electron chi connectivity index (χ0n) is 8.52. The molecule has 4 heteroatoms. The van der Waals surface area contributed by atoms with E-state index in [1.807, 2.05) is 17.1 Å². The van der Waals surface area contributed by atoms with E-state index in [1.165, 1.54) is 0 Å². The Morgan fingerprint density at radius 2 is 2.57 bits per heavy atom. The van der Waals surface area contributed by atoms with Crippen molar-refractivity contribution in [3.63, 3.8) is 0 Å². The van der Waals surface area contributed by atoms with Crippen molar-refractivity contribution in [2.24, 2.45) is 5.73 Å². The van der Waals surface area contributed by atoms with E-state index in [-0.39, 0.29) is 12.1 Å². The fraction of sp³-hybridized carbons (Fsp3) is 0.700. The molecule has 1 aromatic rings. The lowest BCUT2D eigenvalue weighted by molar-refractivity contribution is 0.0000955. The van der Waals surface area contributed by atoms with Crippen LogP contribution in [0.3, 0.4) is 0 Å². The number of hydrogen-bond donors (Lipinski definition) is 1. The second kappa shape index (κ2) is 4.11. The van der Waals surface area contributed by atoms with Crippen molar-refractivity contribution in [2.45, 2.75) is 38.5 Å². The number of nitrogens with zero attached hydrogens (tertiary/aromatic N) is 2. The summed E-state index contributed by atoms with van der Waals surface area (Å²) >= 11 is 0. The van der Waals surface area contributed by atoms with Crippen LogP contribution in [0.5, 0.6) is 0 Å². The molecule has 2 heterocycles. The third kappa shape index (κ3) is 1.81. The molecule has 4 nitrogen and oxygen atoms in total. The van der Waals surface area contributed by atoms with Crippen LogP contribution in [0.25, 0.3) is 0 Å². The lowest BCUT2D eigenvalue weighted by atomic mass is 9.99. The van der Waals surface area contributed by atoms with Crippen LogP contribution >= 0.6 is 0 Å². The van der Waals surface area contributed by atoms with E-state index in [1.54, 1.807) is 0 Å². The summed E-state index contributed by atoms with van der Waals surface area (Å²) in [6, 6.07) is 0.123. The first-order chi connectivity index (χ1) is 6.81. The molecule has 2 rings (SSSR count). The van der Waals surface area contributed by atoms with Crippen molar-refractivity contribution >= 4 is 0 Å². The maximum atomic E-state index is 6.00. The highest BCUT2D eigenvalue weighted by molar-refractivity contribution is 5.11. The third-order valence-electron chi connectivity index (χ3n) is 2.67. The lowest BCUT2D eigenvalue weighted by Gasteiger charge is -2.27. The van der Waals surface area contributed by atoms with Gasteiger partial charge >= 0.3 is 0 Å². The van der Waals surface area contributed by atoms with Crippen molar-refractivity contribution < 1.29 is 4.74 Å². The molecular weight excluding hydrogens is 178 g/mol. The molecule has 1 saturated heterocycles. The molecular formula is C10H17N3O. The number of aryl methyl sites for hydroxylation is 1. The van der Waals surface area contributed by atoms with E-state index in [4.69, 9.17) is 10.5 Å². The van der Waals surface area contributed by atoms with Gasteiger partial charge in [-0.2, -0.15) is 5.10 Å². The van der Waals surface area contributed by atoms with E-state index in [0.29, 0.717) is 0 Å². The van der Waals surface area contributed by atoms with E-state index >= 15 is 0 Å². The Morgan fingerprint density at radius 1 is 1.71 bits per heavy atom. The van der Waals surface area contributed by atoms with Crippen molar-refractivity contribution in [2.75, 3.05) is 6.61 Å². The first kappa shape index (κ1) is 9.68. The van der Waals surface area contributed by atoms with Crippen molar-refractivity contribution in [3.8, 4) is 0 Å². The topological polar surface area (TPSA) is 53.1 Å². The van der Waals surface area contributed by atoms with E-state index in [0.717, 1.165) is 31.6 Å². The highest BCUT2D eigenvalue weighted by Crippen LogP contribution is 2.26. The third-order valence-corrected chi connectivity index (χ3v) is 2.67. The molecule has 1 aliphatic rings. The molecule has 2 N–H and O–H groups in total. The quantitative estimate of drug-likeness (QED) is 0.768. The molecule has 0 aromatic carbocycles. The largest absolute Gasteiger partial charge is 0.372 e. The number of aromatic nitrogens is 2. The van der Waals surface area contributed by atoms with Gasteiger partial charge in [-0.05, 0) is 19.8 Å². The first-order valence-electron chi connectivity index (χ1n) is 5.21. The zero-order chi connectivity index (χ0) is 9.97. The van der Waals surface area contributed by atoms with Crippen LogP contribution in [-0.4, -0.2) is 22.4 Å². The predicted molar refractivity (Wildman–Crippen MR) is 53.8 cm³/mol. The maximum Gasteiger partial charge on any atom is 0.101 e. The second-order valence-electron chi connectivity index (χ2n) is 3.73. The Hall–Kier alpha value is -0.870. The Bertz CT molecular complexity index is 297. The summed E-state index contributed by atoms with van der Waals surface area (Å²) in [5.41, 5.74) is 7.11. The van der Waals surface area contributed by atoms with Gasteiger partial charge in [0.2, 0.25) is 0 Å². The van der Waals surface area contributed by atoms with Gasteiger partial charge in [0.15, 0.2) is 0 Å². The standard InChI is InChI=1S/C10H17N3O/c1-2-13-7-8(6-12-13)10-9(11)4-3-5-14-10/h6-7,9-10H,2-5,11H2,1H3/t9-,10-/m1/s1. The second-order valence-corrected chi connectivity index (χ2v) is 3.73. The van der Waals surface area contributed by atoms with E-state index in [9.17, 15) is 0 Å². The molecule has 14 heavy (non-hydrogen) atoms. The molecule has 0 unspecified atom stereocenters. The van der Waals surface area contributed by atoms with E-state index in [2.05, 4.69) is 12.0 Å². The van der Waals surface area contributed by atoms with Gasteiger partial charge in [-0.15, -0.1) is 0 Å². The molecule has 0 spiro atoms. The number of hydrogen-bond acceptors (Lipinski definition) is 3. The summed E-state index contributed by atoms with van der Waals surface area (Å²) in [4.78, 5) is 0. The highest BCUT2D eigenvalue weighted by Gasteiger charge is 2.25. The minimum absolute atomic E-state index is 0.0454. The van der Waals surface area contributed by atoms with Crippen molar-refractivity contribution in [1.82, 2.24) is 9.78 Å². The van der Waals surface area contributed by atoms with Gasteiger partial charge in [0.1, 0.15) is 6.10 Å². The van der Waals surface area contributed by atoms with Crippen LogP contribution in [0.15, 0.2) is 12.4 Å². The first-order valence-corrected chi connectivity index (χ1v) is 5.21. The molecule has 0 amide bonds. The predicted octanol–water partition coefficient (Wildman–Crippen LogP) is 1.08. The maximum absolute atomic E-state index is 6.00. The molecule has 0 radical (unpaired) electrons. The molecule has 1 fully saturated rings. The fourth-order valence-electron chi connectivity index (χ4n) is 1.85. The molecule has 0 bridgehead atoms. The van der Waals surface area contributed by atoms with Crippen LogP contribution in [0.2, 0.25) is 0 Å². The van der Waals surface area contributed by atoms with Gasteiger partial charge in [0.05, 0.1) is 6.20 Å². The van der Waals surface area contributed by atoms with Gasteiger partial charge < -0.3 is 10.5 Å². The van der Waals surface area contributed by atoms with Crippen LogP contribution in [0, 0.1) is 0 Å². The molecule has 1 aliphatic heterocycles. The fourth-order valence-corrected chi connectivity index (χ4v) is 1.85. The SMILES string of the molecule is CCn1cc([C@H]2OCCC[C@H]2N)cn1. The Labute approximate surface area is 84.0 Å². The van der Waals surface area contributed by atoms with Crippen LogP contribution in [0.1, 0.15) is 31.4 Å². The smallest absolute Gasteiger partial charge is 0.101 e. The Kier molecular flexibility index (Phi) is 2.84.